The second-order valence-electron chi connectivity index (χ2n) is 5.62. The minimum atomic E-state index is -0.462. The summed E-state index contributed by atoms with van der Waals surface area (Å²) in [6.45, 7) is 1.67. The number of carbonyl (C=O) groups excluding carboxylic acids is 1. The molecule has 4 aromatic rings. The first-order chi connectivity index (χ1) is 12.5. The van der Waals surface area contributed by atoms with Gasteiger partial charge in [0.25, 0.3) is 11.5 Å². The van der Waals surface area contributed by atoms with Gasteiger partial charge in [0.05, 0.1) is 17.2 Å². The fourth-order valence-electron chi connectivity index (χ4n) is 2.64. The SMILES string of the molecule is Cc1occc1C(=O)Nn1c(=S)[nH]c2sc(-c3ccccc3)cc2c1=O. The van der Waals surface area contributed by atoms with Gasteiger partial charge in [0.15, 0.2) is 0 Å². The van der Waals surface area contributed by atoms with E-state index in [1.807, 2.05) is 30.3 Å². The topological polar surface area (TPSA) is 80.0 Å². The zero-order valence-electron chi connectivity index (χ0n) is 13.6. The van der Waals surface area contributed by atoms with Gasteiger partial charge in [0.1, 0.15) is 10.6 Å². The molecule has 8 heteroatoms. The Morgan fingerprint density at radius 3 is 2.73 bits per heavy atom. The van der Waals surface area contributed by atoms with Gasteiger partial charge in [0.2, 0.25) is 4.77 Å². The highest BCUT2D eigenvalue weighted by Crippen LogP contribution is 2.30. The van der Waals surface area contributed by atoms with Gasteiger partial charge in [-0.15, -0.1) is 11.3 Å². The lowest BCUT2D eigenvalue weighted by atomic mass is 10.2. The fraction of sp³-hybridized carbons (Fsp3) is 0.0556. The van der Waals surface area contributed by atoms with Crippen molar-refractivity contribution in [1.82, 2.24) is 9.66 Å². The molecule has 1 amide bonds. The standard InChI is InChI=1S/C18H13N3O3S2/c1-10-12(7-8-24-10)15(22)20-21-17(23)13-9-14(11-5-3-2-4-6-11)26-16(13)19-18(21)25/h2-9H,1H3,(H,19,25)(H,20,22). The van der Waals surface area contributed by atoms with Crippen LogP contribution >= 0.6 is 23.6 Å². The maximum Gasteiger partial charge on any atom is 0.282 e. The van der Waals surface area contributed by atoms with E-state index in [1.165, 1.54) is 17.6 Å². The van der Waals surface area contributed by atoms with E-state index in [9.17, 15) is 9.59 Å². The van der Waals surface area contributed by atoms with Crippen molar-refractivity contribution in [3.05, 3.63) is 75.2 Å². The van der Waals surface area contributed by atoms with Crippen molar-refractivity contribution in [1.29, 1.82) is 0 Å². The Kier molecular flexibility index (Phi) is 4.06. The first-order valence-electron chi connectivity index (χ1n) is 7.74. The molecule has 2 N–H and O–H groups in total. The van der Waals surface area contributed by atoms with Crippen LogP contribution in [-0.2, 0) is 0 Å². The third-order valence-corrected chi connectivity index (χ3v) is 5.35. The van der Waals surface area contributed by atoms with Gasteiger partial charge in [-0.2, -0.15) is 4.68 Å². The number of H-pyrrole nitrogens is 1. The Labute approximate surface area is 156 Å². The molecule has 130 valence electrons. The highest BCUT2D eigenvalue weighted by molar-refractivity contribution is 7.71. The molecule has 0 aliphatic carbocycles. The second kappa shape index (κ2) is 6.40. The summed E-state index contributed by atoms with van der Waals surface area (Å²) >= 11 is 6.69. The Morgan fingerprint density at radius 2 is 2.04 bits per heavy atom. The maximum atomic E-state index is 12.8. The van der Waals surface area contributed by atoms with Gasteiger partial charge in [0, 0.05) is 4.88 Å². The second-order valence-corrected chi connectivity index (χ2v) is 7.06. The smallest absolute Gasteiger partial charge is 0.282 e. The highest BCUT2D eigenvalue weighted by Gasteiger charge is 2.16. The van der Waals surface area contributed by atoms with E-state index < -0.39 is 5.91 Å². The van der Waals surface area contributed by atoms with Crippen LogP contribution in [0.25, 0.3) is 20.7 Å². The monoisotopic (exact) mass is 383 g/mol. The molecule has 3 heterocycles. The summed E-state index contributed by atoms with van der Waals surface area (Å²) in [4.78, 5) is 29.8. The summed E-state index contributed by atoms with van der Waals surface area (Å²) in [7, 11) is 0. The molecular weight excluding hydrogens is 370 g/mol. The number of hydrogen-bond donors (Lipinski definition) is 2. The summed E-state index contributed by atoms with van der Waals surface area (Å²) in [6.07, 6.45) is 1.42. The number of furan rings is 1. The molecule has 4 rings (SSSR count). The number of nitrogens with zero attached hydrogens (tertiary/aromatic N) is 1. The Bertz CT molecular complexity index is 1230. The molecule has 6 nitrogen and oxygen atoms in total. The van der Waals surface area contributed by atoms with Crippen molar-refractivity contribution >= 4 is 39.7 Å². The quantitative estimate of drug-likeness (QED) is 0.523. The predicted octanol–water partition coefficient (Wildman–Crippen LogP) is 4.07. The zero-order chi connectivity index (χ0) is 18.3. The third-order valence-electron chi connectivity index (χ3n) is 3.96. The van der Waals surface area contributed by atoms with Gasteiger partial charge >= 0.3 is 0 Å². The van der Waals surface area contributed by atoms with Gasteiger partial charge in [-0.1, -0.05) is 30.3 Å². The lowest BCUT2D eigenvalue weighted by molar-refractivity contribution is 0.100. The largest absolute Gasteiger partial charge is 0.469 e. The Morgan fingerprint density at radius 1 is 1.27 bits per heavy atom. The maximum absolute atomic E-state index is 12.8. The van der Waals surface area contributed by atoms with Crippen LogP contribution in [0, 0.1) is 11.7 Å². The summed E-state index contributed by atoms with van der Waals surface area (Å²) in [5.74, 6) is 0.00383. The van der Waals surface area contributed by atoms with Gasteiger partial charge in [-0.25, -0.2) is 0 Å². The van der Waals surface area contributed by atoms with Crippen LogP contribution in [0.15, 0.2) is 57.9 Å². The number of fused-ring (bicyclic) bond motifs is 1. The molecule has 0 aliphatic heterocycles. The van der Waals surface area contributed by atoms with Crippen molar-refractivity contribution in [2.75, 3.05) is 5.43 Å². The zero-order valence-corrected chi connectivity index (χ0v) is 15.2. The number of benzene rings is 1. The number of hydrogen-bond acceptors (Lipinski definition) is 5. The van der Waals surface area contributed by atoms with Gasteiger partial charge in [-0.05, 0) is 36.8 Å². The predicted molar refractivity (Wildman–Crippen MR) is 104 cm³/mol. The lowest BCUT2D eigenvalue weighted by Crippen LogP contribution is -2.34. The van der Waals surface area contributed by atoms with Crippen molar-refractivity contribution in [3.63, 3.8) is 0 Å². The van der Waals surface area contributed by atoms with E-state index in [0.717, 1.165) is 15.1 Å². The number of thiophene rings is 1. The molecular formula is C18H13N3O3S2. The molecule has 26 heavy (non-hydrogen) atoms. The molecule has 0 unspecified atom stereocenters. The van der Waals surface area contributed by atoms with E-state index >= 15 is 0 Å². The van der Waals surface area contributed by atoms with E-state index in [1.54, 1.807) is 19.1 Å². The molecule has 0 fully saturated rings. The number of carbonyl (C=O) groups is 1. The fourth-order valence-corrected chi connectivity index (χ4v) is 3.99. The van der Waals surface area contributed by atoms with Crippen LogP contribution in [0.3, 0.4) is 0 Å². The van der Waals surface area contributed by atoms with E-state index in [0.29, 0.717) is 21.5 Å². The number of aryl methyl sites for hydroxylation is 1. The molecule has 0 aliphatic rings. The first-order valence-corrected chi connectivity index (χ1v) is 8.97. The van der Waals surface area contributed by atoms with Gasteiger partial charge < -0.3 is 9.40 Å². The summed E-state index contributed by atoms with van der Waals surface area (Å²) in [5.41, 5.74) is 3.52. The molecule has 0 atom stereocenters. The van der Waals surface area contributed by atoms with E-state index in [4.69, 9.17) is 16.6 Å². The third kappa shape index (κ3) is 2.79. The minimum absolute atomic E-state index is 0.124. The number of aromatic amines is 1. The van der Waals surface area contributed by atoms with Crippen LogP contribution in [0.5, 0.6) is 0 Å². The Balaban J connectivity index is 1.79. The number of aromatic nitrogens is 2. The molecule has 0 radical (unpaired) electrons. The molecule has 3 aromatic heterocycles. The molecule has 1 aromatic carbocycles. The number of nitrogens with one attached hydrogen (secondary N) is 2. The molecule has 0 bridgehead atoms. The molecule has 0 spiro atoms. The van der Waals surface area contributed by atoms with E-state index in [2.05, 4.69) is 10.4 Å². The summed E-state index contributed by atoms with van der Waals surface area (Å²) in [6, 6.07) is 13.1. The van der Waals surface area contributed by atoms with Crippen LogP contribution in [-0.4, -0.2) is 15.6 Å². The minimum Gasteiger partial charge on any atom is -0.469 e. The Hall–Kier alpha value is -2.97. The van der Waals surface area contributed by atoms with Crippen LogP contribution < -0.4 is 11.0 Å². The molecule has 0 saturated carbocycles. The van der Waals surface area contributed by atoms with Crippen LogP contribution in [0.2, 0.25) is 0 Å². The summed E-state index contributed by atoms with van der Waals surface area (Å²) < 4.78 is 6.30. The van der Waals surface area contributed by atoms with Crippen molar-refractivity contribution in [3.8, 4) is 10.4 Å². The van der Waals surface area contributed by atoms with E-state index in [-0.39, 0.29) is 10.3 Å². The highest BCUT2D eigenvalue weighted by atomic mass is 32.1. The van der Waals surface area contributed by atoms with Crippen molar-refractivity contribution in [2.45, 2.75) is 6.92 Å². The van der Waals surface area contributed by atoms with Crippen LogP contribution in [0.4, 0.5) is 0 Å². The van der Waals surface area contributed by atoms with Crippen molar-refractivity contribution in [2.24, 2.45) is 0 Å². The summed E-state index contributed by atoms with van der Waals surface area (Å²) in [5, 5.41) is 0.465. The lowest BCUT2D eigenvalue weighted by Gasteiger charge is -2.07. The van der Waals surface area contributed by atoms with Crippen molar-refractivity contribution < 1.29 is 9.21 Å². The molecule has 0 saturated heterocycles. The van der Waals surface area contributed by atoms with Gasteiger partial charge in [-0.3, -0.25) is 15.0 Å². The average molecular weight is 383 g/mol. The number of rotatable bonds is 3. The normalized spacial score (nSPS) is 11.0. The average Bonchev–Trinajstić information content (AvgIpc) is 3.25. The van der Waals surface area contributed by atoms with Crippen LogP contribution in [0.1, 0.15) is 16.1 Å². The number of amides is 1. The first kappa shape index (κ1) is 16.5.